The van der Waals surface area contributed by atoms with Crippen LogP contribution in [0, 0.1) is 20.7 Å². The first kappa shape index (κ1) is 52.0. The van der Waals surface area contributed by atoms with Gasteiger partial charge >= 0.3 is 0 Å². The standard InChI is InChI=1S/C87H68N3/c1-58-46-81(77(61-28-10-6-11-29-61)53-75(58)85-42-24-26-44-88(85)4)72-39-21-18-36-69(72)65-49-66(51-67(50-65)71-38-20-23-41-74(71)83-52-68-56-90-45-27-25-43-86(90)80(68)55-79(83)63-32-14-8-15-33-63)70-37-19-22-40-73(70)82-47-59(2)76(54-78(82)62-30-12-7-13-31-62)87-48-60(3)84(57-89(87)5)64-34-16-9-17-35-64/h6-55,57H,56H2,1-5H3/q+3/i3D3. The molecule has 0 atom stereocenters. The molecule has 14 aromatic rings. The highest BCUT2D eigenvalue weighted by atomic mass is 15.0. The Morgan fingerprint density at radius 3 is 1.09 bits per heavy atom. The van der Waals surface area contributed by atoms with Gasteiger partial charge in [0, 0.05) is 56.7 Å². The molecule has 1 aliphatic heterocycles. The first-order valence-electron chi connectivity index (χ1n) is 32.5. The van der Waals surface area contributed by atoms with E-state index in [0.717, 1.165) is 118 Å². The average molecular weight is 1160 g/mol. The molecule has 0 fully saturated rings. The van der Waals surface area contributed by atoms with Crippen molar-refractivity contribution in [2.24, 2.45) is 14.1 Å². The van der Waals surface area contributed by atoms with Crippen LogP contribution in [0.1, 0.15) is 26.4 Å². The maximum Gasteiger partial charge on any atom is 0.213 e. The van der Waals surface area contributed by atoms with E-state index in [9.17, 15) is 0 Å². The van der Waals surface area contributed by atoms with Crippen molar-refractivity contribution in [1.29, 1.82) is 0 Å². The van der Waals surface area contributed by atoms with Gasteiger partial charge < -0.3 is 0 Å². The summed E-state index contributed by atoms with van der Waals surface area (Å²) >= 11 is 0. The summed E-state index contributed by atoms with van der Waals surface area (Å²) in [6.45, 7) is 2.83. The highest BCUT2D eigenvalue weighted by Crippen LogP contribution is 2.49. The molecule has 90 heavy (non-hydrogen) atoms. The minimum Gasteiger partial charge on any atom is -0.201 e. The van der Waals surface area contributed by atoms with Crippen LogP contribution in [0.25, 0.3) is 145 Å². The Hall–Kier alpha value is -11.1. The number of nitrogens with zero attached hydrogens (tertiary/aromatic N) is 3. The molecule has 15 rings (SSSR count). The van der Waals surface area contributed by atoms with Crippen molar-refractivity contribution in [2.45, 2.75) is 27.2 Å². The Morgan fingerprint density at radius 1 is 0.256 bits per heavy atom. The molecule has 11 aromatic carbocycles. The Kier molecular flexibility index (Phi) is 13.6. The summed E-state index contributed by atoms with van der Waals surface area (Å²) in [7, 11) is 4.14. The van der Waals surface area contributed by atoms with Gasteiger partial charge in [0.05, 0.1) is 5.56 Å². The normalized spacial score (nSPS) is 12.2. The quantitative estimate of drug-likeness (QED) is 0.108. The lowest BCUT2D eigenvalue weighted by Gasteiger charge is -2.21. The summed E-state index contributed by atoms with van der Waals surface area (Å²) in [6, 6.07) is 105. The fourth-order valence-corrected chi connectivity index (χ4v) is 13.8. The highest BCUT2D eigenvalue weighted by Gasteiger charge is 2.29. The van der Waals surface area contributed by atoms with E-state index in [2.05, 4.69) is 302 Å². The van der Waals surface area contributed by atoms with E-state index in [0.29, 0.717) is 11.1 Å². The molecular weight excluding hydrogens is 1090 g/mol. The molecule has 0 saturated heterocycles. The zero-order chi connectivity index (χ0) is 63.3. The minimum absolute atomic E-state index is 0.317. The monoisotopic (exact) mass is 1160 g/mol. The van der Waals surface area contributed by atoms with Gasteiger partial charge in [-0.3, -0.25) is 0 Å². The Balaban J connectivity index is 0.969. The van der Waals surface area contributed by atoms with E-state index < -0.39 is 6.85 Å². The Morgan fingerprint density at radius 2 is 0.633 bits per heavy atom. The van der Waals surface area contributed by atoms with Crippen LogP contribution in [-0.4, -0.2) is 0 Å². The zero-order valence-electron chi connectivity index (χ0n) is 54.0. The lowest BCUT2D eigenvalue weighted by Crippen LogP contribution is -2.31. The van der Waals surface area contributed by atoms with Crippen LogP contribution >= 0.6 is 0 Å². The van der Waals surface area contributed by atoms with Gasteiger partial charge in [-0.05, 0) is 210 Å². The molecule has 0 radical (unpaired) electrons. The topological polar surface area (TPSA) is 11.6 Å². The molecular formula is C87H68N3+3. The van der Waals surface area contributed by atoms with Crippen LogP contribution in [0.5, 0.6) is 0 Å². The summed E-state index contributed by atoms with van der Waals surface area (Å²) in [5.41, 5.74) is 32.1. The summed E-state index contributed by atoms with van der Waals surface area (Å²) in [6.07, 6.45) is 6.29. The van der Waals surface area contributed by atoms with Crippen molar-refractivity contribution >= 4 is 0 Å². The summed E-state index contributed by atoms with van der Waals surface area (Å²) < 4.78 is 33.2. The number of benzene rings is 11. The van der Waals surface area contributed by atoms with Gasteiger partial charge in [0.2, 0.25) is 17.1 Å². The van der Waals surface area contributed by atoms with Crippen molar-refractivity contribution in [3.63, 3.8) is 0 Å². The summed E-state index contributed by atoms with van der Waals surface area (Å²) in [4.78, 5) is 0. The molecule has 0 spiro atoms. The predicted molar refractivity (Wildman–Crippen MR) is 373 cm³/mol. The van der Waals surface area contributed by atoms with Gasteiger partial charge in [0.25, 0.3) is 0 Å². The number of hydrogen-bond donors (Lipinski definition) is 0. The second-order valence-electron chi connectivity index (χ2n) is 23.9. The van der Waals surface area contributed by atoms with Gasteiger partial charge in [-0.1, -0.05) is 194 Å². The van der Waals surface area contributed by atoms with E-state index in [1.807, 2.05) is 49.6 Å². The molecule has 3 nitrogen and oxygen atoms in total. The van der Waals surface area contributed by atoms with Crippen LogP contribution in [-0.2, 0) is 20.6 Å². The SMILES string of the molecule is [2H]C([2H])([2H])c1cc(-c2cc(-c3ccccc3)c(-c3ccccc3-c3cc(-c4ccccc4-c4cc(C)c(-c5cccc[n+]5C)cc4-c4ccccc4)cc(-c4ccccc4-c4cc5c(cc4-c4ccccc4)-c4cccc[n+]4C5)c3)cc2C)[n+](C)cc1-c1ccccc1. The number of rotatable bonds is 12. The molecule has 0 aliphatic carbocycles. The van der Waals surface area contributed by atoms with Crippen molar-refractivity contribution in [3.8, 4) is 145 Å². The predicted octanol–water partition coefficient (Wildman–Crippen LogP) is 20.6. The van der Waals surface area contributed by atoms with Gasteiger partial charge in [-0.25, -0.2) is 9.13 Å². The number of aromatic nitrogens is 3. The summed E-state index contributed by atoms with van der Waals surface area (Å²) in [5, 5.41) is 0. The molecule has 0 amide bonds. The van der Waals surface area contributed by atoms with Crippen LogP contribution in [0.4, 0.5) is 0 Å². The fraction of sp³-hybridized carbons (Fsp3) is 0.0690. The van der Waals surface area contributed by atoms with Crippen LogP contribution in [0.3, 0.4) is 0 Å². The Labute approximate surface area is 533 Å². The van der Waals surface area contributed by atoms with Gasteiger partial charge in [0.1, 0.15) is 14.1 Å². The molecule has 0 saturated carbocycles. The molecule has 3 heteroatoms. The highest BCUT2D eigenvalue weighted by molar-refractivity contribution is 6.01. The van der Waals surface area contributed by atoms with Crippen molar-refractivity contribution < 1.29 is 17.8 Å². The van der Waals surface area contributed by atoms with Gasteiger partial charge in [-0.2, -0.15) is 4.57 Å². The first-order valence-corrected chi connectivity index (χ1v) is 31.0. The molecule has 0 unspecified atom stereocenters. The lowest BCUT2D eigenvalue weighted by atomic mass is 9.82. The van der Waals surface area contributed by atoms with Crippen molar-refractivity contribution in [3.05, 3.63) is 332 Å². The van der Waals surface area contributed by atoms with E-state index in [4.69, 9.17) is 4.11 Å². The van der Waals surface area contributed by atoms with Gasteiger partial charge in [0.15, 0.2) is 25.1 Å². The smallest absolute Gasteiger partial charge is 0.201 e. The molecule has 4 heterocycles. The largest absolute Gasteiger partial charge is 0.213 e. The third-order valence-electron chi connectivity index (χ3n) is 18.3. The second-order valence-corrected chi connectivity index (χ2v) is 23.9. The van der Waals surface area contributed by atoms with E-state index in [1.54, 1.807) is 0 Å². The number of pyridine rings is 3. The molecule has 0 bridgehead atoms. The molecule has 1 aliphatic rings. The lowest BCUT2D eigenvalue weighted by molar-refractivity contribution is -0.672. The second kappa shape index (κ2) is 23.5. The molecule has 3 aromatic heterocycles. The summed E-state index contributed by atoms with van der Waals surface area (Å²) in [5.74, 6) is 0. The number of fused-ring (bicyclic) bond motifs is 3. The van der Waals surface area contributed by atoms with Crippen molar-refractivity contribution in [2.75, 3.05) is 0 Å². The minimum atomic E-state index is -2.36. The van der Waals surface area contributed by atoms with Crippen LogP contribution in [0.2, 0.25) is 0 Å². The van der Waals surface area contributed by atoms with Crippen LogP contribution < -0.4 is 13.7 Å². The maximum atomic E-state index is 8.84. The van der Waals surface area contributed by atoms with Gasteiger partial charge in [-0.15, -0.1) is 0 Å². The third-order valence-corrected chi connectivity index (χ3v) is 18.3. The maximum absolute atomic E-state index is 8.84. The van der Waals surface area contributed by atoms with E-state index >= 15 is 0 Å². The zero-order valence-corrected chi connectivity index (χ0v) is 51.0. The number of hydrogen-bond acceptors (Lipinski definition) is 0. The Bertz CT molecular complexity index is 5190. The van der Waals surface area contributed by atoms with E-state index in [-0.39, 0.29) is 0 Å². The molecule has 428 valence electrons. The third kappa shape index (κ3) is 10.2. The number of aryl methyl sites for hydroxylation is 5. The fourth-order valence-electron chi connectivity index (χ4n) is 13.8. The van der Waals surface area contributed by atoms with E-state index in [1.165, 1.54) is 44.6 Å². The van der Waals surface area contributed by atoms with Crippen LogP contribution in [0.15, 0.2) is 310 Å². The molecule has 0 N–H and O–H groups in total. The first-order chi connectivity index (χ1) is 45.4. The average Bonchev–Trinajstić information content (AvgIpc) is 1.75. The van der Waals surface area contributed by atoms with Crippen molar-refractivity contribution in [1.82, 2.24) is 0 Å².